The van der Waals surface area contributed by atoms with E-state index in [-0.39, 0.29) is 58.8 Å². The molecular formula is C22H28O6. The first-order valence-electron chi connectivity index (χ1n) is 10.4. The van der Waals surface area contributed by atoms with Crippen LogP contribution in [0.5, 0.6) is 0 Å². The van der Waals surface area contributed by atoms with Gasteiger partial charge in [0.25, 0.3) is 0 Å². The summed E-state index contributed by atoms with van der Waals surface area (Å²) in [5, 5.41) is 0. The number of hydrogen-bond acceptors (Lipinski definition) is 6. The van der Waals surface area contributed by atoms with Crippen molar-refractivity contribution in [1.29, 1.82) is 0 Å². The van der Waals surface area contributed by atoms with Crippen LogP contribution in [0.15, 0.2) is 23.0 Å². The van der Waals surface area contributed by atoms with Crippen molar-refractivity contribution in [1.82, 2.24) is 0 Å². The van der Waals surface area contributed by atoms with Gasteiger partial charge in [0.15, 0.2) is 0 Å². The maximum atomic E-state index is 12.6. The lowest BCUT2D eigenvalue weighted by molar-refractivity contribution is -0.267. The quantitative estimate of drug-likeness (QED) is 0.736. The third-order valence-corrected chi connectivity index (χ3v) is 8.30. The van der Waals surface area contributed by atoms with Gasteiger partial charge >= 0.3 is 11.9 Å². The first-order valence-corrected chi connectivity index (χ1v) is 10.4. The van der Waals surface area contributed by atoms with E-state index >= 15 is 0 Å². The van der Waals surface area contributed by atoms with Crippen molar-refractivity contribution < 1.29 is 28.2 Å². The van der Waals surface area contributed by atoms with Gasteiger partial charge in [-0.2, -0.15) is 0 Å². The summed E-state index contributed by atoms with van der Waals surface area (Å²) in [6.45, 7) is 6.25. The predicted molar refractivity (Wildman–Crippen MR) is 98.0 cm³/mol. The van der Waals surface area contributed by atoms with Crippen LogP contribution in [0, 0.1) is 28.6 Å². The van der Waals surface area contributed by atoms with Crippen molar-refractivity contribution in [2.45, 2.75) is 64.8 Å². The molecular weight excluding hydrogens is 360 g/mol. The van der Waals surface area contributed by atoms with Crippen LogP contribution in [-0.4, -0.2) is 30.8 Å². The second-order valence-electron chi connectivity index (χ2n) is 9.47. The van der Waals surface area contributed by atoms with Crippen LogP contribution < -0.4 is 0 Å². The summed E-state index contributed by atoms with van der Waals surface area (Å²) in [6, 6.07) is 1.95. The van der Waals surface area contributed by atoms with Gasteiger partial charge in [0.2, 0.25) is 0 Å². The van der Waals surface area contributed by atoms with Crippen molar-refractivity contribution >= 4 is 11.9 Å². The Morgan fingerprint density at radius 1 is 1.36 bits per heavy atom. The minimum absolute atomic E-state index is 0.0187. The summed E-state index contributed by atoms with van der Waals surface area (Å²) in [7, 11) is 0. The van der Waals surface area contributed by atoms with E-state index in [1.54, 1.807) is 12.5 Å². The maximum Gasteiger partial charge on any atom is 0.309 e. The predicted octanol–water partition coefficient (Wildman–Crippen LogP) is 3.66. The largest absolute Gasteiger partial charge is 0.472 e. The smallest absolute Gasteiger partial charge is 0.309 e. The third kappa shape index (κ3) is 2.30. The summed E-state index contributed by atoms with van der Waals surface area (Å²) in [4.78, 5) is 24.4. The zero-order valence-corrected chi connectivity index (χ0v) is 16.7. The molecule has 0 amide bonds. The molecule has 4 fully saturated rings. The molecule has 6 nitrogen and oxygen atoms in total. The molecule has 2 aliphatic carbocycles. The highest BCUT2D eigenvalue weighted by atomic mass is 16.6. The van der Waals surface area contributed by atoms with Gasteiger partial charge < -0.3 is 18.6 Å². The fraction of sp³-hybridized carbons (Fsp3) is 0.727. The van der Waals surface area contributed by atoms with Crippen LogP contribution in [0.3, 0.4) is 0 Å². The van der Waals surface area contributed by atoms with E-state index in [1.165, 1.54) is 6.92 Å². The molecule has 1 aromatic heterocycles. The molecule has 0 aromatic carbocycles. The van der Waals surface area contributed by atoms with Crippen LogP contribution in [0.1, 0.15) is 58.1 Å². The maximum absolute atomic E-state index is 12.6. The fourth-order valence-corrected chi connectivity index (χ4v) is 6.99. The monoisotopic (exact) mass is 388 g/mol. The highest BCUT2D eigenvalue weighted by Gasteiger charge is 2.72. The van der Waals surface area contributed by atoms with Crippen LogP contribution in [0.4, 0.5) is 0 Å². The Hall–Kier alpha value is -1.82. The number of esters is 2. The number of carbonyl (C=O) groups is 2. The lowest BCUT2D eigenvalue weighted by atomic mass is 9.42. The molecule has 2 saturated carbocycles. The van der Waals surface area contributed by atoms with Gasteiger partial charge in [-0.1, -0.05) is 13.8 Å². The highest BCUT2D eigenvalue weighted by Crippen LogP contribution is 2.69. The highest BCUT2D eigenvalue weighted by molar-refractivity contribution is 5.77. The topological polar surface area (TPSA) is 75.0 Å². The molecule has 5 rings (SSSR count). The summed E-state index contributed by atoms with van der Waals surface area (Å²) in [5.74, 6) is -0.0277. The van der Waals surface area contributed by atoms with Crippen LogP contribution in [-0.2, 0) is 23.8 Å². The van der Waals surface area contributed by atoms with E-state index in [4.69, 9.17) is 18.6 Å². The van der Waals surface area contributed by atoms with Crippen LogP contribution >= 0.6 is 0 Å². The molecule has 2 aliphatic heterocycles. The van der Waals surface area contributed by atoms with E-state index < -0.39 is 0 Å². The zero-order valence-electron chi connectivity index (χ0n) is 16.7. The molecule has 1 aromatic rings. The molecule has 152 valence electrons. The second kappa shape index (κ2) is 6.09. The third-order valence-electron chi connectivity index (χ3n) is 8.30. The lowest BCUT2D eigenvalue weighted by Crippen LogP contribution is -2.66. The first-order chi connectivity index (χ1) is 13.4. The Morgan fingerprint density at radius 3 is 2.89 bits per heavy atom. The molecule has 0 spiro atoms. The van der Waals surface area contributed by atoms with Crippen molar-refractivity contribution in [3.05, 3.63) is 24.2 Å². The number of rotatable bonds is 3. The molecule has 28 heavy (non-hydrogen) atoms. The number of ether oxygens (including phenoxy) is 3. The van der Waals surface area contributed by atoms with Crippen LogP contribution in [0.25, 0.3) is 0 Å². The van der Waals surface area contributed by atoms with Gasteiger partial charge in [-0.15, -0.1) is 0 Å². The summed E-state index contributed by atoms with van der Waals surface area (Å²) in [6.07, 6.45) is 6.46. The number of furan rings is 1. The zero-order chi connectivity index (χ0) is 19.7. The Labute approximate surface area is 164 Å². The Morgan fingerprint density at radius 2 is 2.18 bits per heavy atom. The van der Waals surface area contributed by atoms with Gasteiger partial charge in [-0.05, 0) is 37.7 Å². The van der Waals surface area contributed by atoms with Gasteiger partial charge in [0, 0.05) is 29.2 Å². The Kier molecular flexibility index (Phi) is 3.96. The summed E-state index contributed by atoms with van der Waals surface area (Å²) < 4.78 is 23.5. The lowest BCUT2D eigenvalue weighted by Gasteiger charge is -2.64. The number of hydrogen-bond donors (Lipinski definition) is 0. The minimum Gasteiger partial charge on any atom is -0.472 e. The van der Waals surface area contributed by atoms with E-state index in [9.17, 15) is 9.59 Å². The fourth-order valence-electron chi connectivity index (χ4n) is 6.99. The average Bonchev–Trinajstić information content (AvgIpc) is 3.26. The average molecular weight is 388 g/mol. The van der Waals surface area contributed by atoms with E-state index in [1.807, 2.05) is 6.07 Å². The SMILES string of the molecule is CC(=O)OC[C@]12C[C@@H](c3ccoc3)O[C@@H]3CC[C@H]4C(=O)O[C@@H](C[C@H]1C)[C@@]4(C)[C@H]32. The normalized spacial score (nSPS) is 46.6. The summed E-state index contributed by atoms with van der Waals surface area (Å²) in [5.41, 5.74) is 0.517. The molecule has 0 N–H and O–H groups in total. The summed E-state index contributed by atoms with van der Waals surface area (Å²) >= 11 is 0. The molecule has 4 aliphatic rings. The van der Waals surface area contributed by atoms with Gasteiger partial charge in [0.05, 0.1) is 37.3 Å². The first kappa shape index (κ1) is 18.2. The van der Waals surface area contributed by atoms with E-state index in [2.05, 4.69) is 13.8 Å². The second-order valence-corrected chi connectivity index (χ2v) is 9.47. The van der Waals surface area contributed by atoms with Gasteiger partial charge in [-0.25, -0.2) is 0 Å². The van der Waals surface area contributed by atoms with Crippen molar-refractivity contribution in [3.8, 4) is 0 Å². The number of carbonyl (C=O) groups excluding carboxylic acids is 2. The van der Waals surface area contributed by atoms with Crippen molar-refractivity contribution in [2.24, 2.45) is 28.6 Å². The molecule has 3 heterocycles. The molecule has 8 atom stereocenters. The van der Waals surface area contributed by atoms with Crippen molar-refractivity contribution in [2.75, 3.05) is 6.61 Å². The molecule has 0 bridgehead atoms. The van der Waals surface area contributed by atoms with E-state index in [0.717, 1.165) is 31.2 Å². The standard InChI is InChI=1S/C22H28O6/c1-12-8-18-21(3)15(20(24)28-18)4-5-16-19(21)22(12,11-26-13(2)23)9-17(27-16)14-6-7-25-10-14/h6-7,10,12,15-19H,4-5,8-9,11H2,1-3H3/t12-,15+,16-,17+,18+,19+,21+,22-/m1/s1. The van der Waals surface area contributed by atoms with Crippen LogP contribution in [0.2, 0.25) is 0 Å². The van der Waals surface area contributed by atoms with Gasteiger partial charge in [0.1, 0.15) is 6.10 Å². The van der Waals surface area contributed by atoms with Crippen molar-refractivity contribution in [3.63, 3.8) is 0 Å². The minimum atomic E-state index is -0.270. The Balaban J connectivity index is 1.61. The van der Waals surface area contributed by atoms with Gasteiger partial charge in [-0.3, -0.25) is 9.59 Å². The molecule has 0 radical (unpaired) electrons. The molecule has 0 unspecified atom stereocenters. The molecule has 2 saturated heterocycles. The Bertz CT molecular complexity index is 787. The molecule has 6 heteroatoms. The van der Waals surface area contributed by atoms with E-state index in [0.29, 0.717) is 6.61 Å².